The van der Waals surface area contributed by atoms with Crippen LogP contribution < -0.4 is 10.1 Å². The van der Waals surface area contributed by atoms with Gasteiger partial charge in [0, 0.05) is 12.6 Å². The average Bonchev–Trinajstić information content (AvgIpc) is 3.25. The highest BCUT2D eigenvalue weighted by Crippen LogP contribution is 2.22. The molecular formula is C17H27NO. The molecule has 1 aromatic carbocycles. The van der Waals surface area contributed by atoms with E-state index < -0.39 is 0 Å². The van der Waals surface area contributed by atoms with Gasteiger partial charge in [-0.2, -0.15) is 0 Å². The minimum absolute atomic E-state index is 0.763. The molecule has 1 fully saturated rings. The first-order valence-corrected chi connectivity index (χ1v) is 7.80. The maximum Gasteiger partial charge on any atom is 0.119 e. The van der Waals surface area contributed by atoms with Crippen LogP contribution in [0.1, 0.15) is 57.1 Å². The van der Waals surface area contributed by atoms with E-state index in [1.54, 1.807) is 0 Å². The molecule has 106 valence electrons. The van der Waals surface area contributed by atoms with Crippen molar-refractivity contribution in [2.45, 2.75) is 65.0 Å². The quantitative estimate of drug-likeness (QED) is 0.677. The molecule has 2 heteroatoms. The monoisotopic (exact) mass is 261 g/mol. The highest BCUT2D eigenvalue weighted by atomic mass is 16.5. The molecule has 1 saturated carbocycles. The summed E-state index contributed by atoms with van der Waals surface area (Å²) in [6.07, 6.45) is 7.41. The molecule has 2 rings (SSSR count). The van der Waals surface area contributed by atoms with Gasteiger partial charge in [-0.1, -0.05) is 32.8 Å². The highest BCUT2D eigenvalue weighted by molar-refractivity contribution is 5.34. The highest BCUT2D eigenvalue weighted by Gasteiger charge is 2.20. The first-order chi connectivity index (χ1) is 9.31. The Kier molecular flexibility index (Phi) is 5.71. The molecule has 0 unspecified atom stereocenters. The fourth-order valence-electron chi connectivity index (χ4n) is 2.21. The fraction of sp³-hybridized carbons (Fsp3) is 0.647. The van der Waals surface area contributed by atoms with Crippen molar-refractivity contribution in [2.75, 3.05) is 6.61 Å². The van der Waals surface area contributed by atoms with E-state index in [1.807, 2.05) is 0 Å². The van der Waals surface area contributed by atoms with Gasteiger partial charge in [0.1, 0.15) is 5.75 Å². The van der Waals surface area contributed by atoms with Crippen molar-refractivity contribution in [2.24, 2.45) is 0 Å². The number of aryl methyl sites for hydroxylation is 1. The standard InChI is InChI=1S/C17H27NO/c1-3-5-6-9-19-17-11-14(4-2)10-15(12-17)13-18-16-7-8-16/h10-12,16,18H,3-9,13H2,1-2H3. The van der Waals surface area contributed by atoms with Crippen LogP contribution in [0.4, 0.5) is 0 Å². The molecule has 1 aliphatic carbocycles. The molecule has 0 aromatic heterocycles. The van der Waals surface area contributed by atoms with E-state index in [0.29, 0.717) is 0 Å². The summed E-state index contributed by atoms with van der Waals surface area (Å²) in [5.41, 5.74) is 2.73. The molecule has 19 heavy (non-hydrogen) atoms. The molecular weight excluding hydrogens is 234 g/mol. The lowest BCUT2D eigenvalue weighted by molar-refractivity contribution is 0.305. The second-order valence-electron chi connectivity index (χ2n) is 5.55. The number of ether oxygens (including phenoxy) is 1. The Balaban J connectivity index is 1.89. The molecule has 0 atom stereocenters. The smallest absolute Gasteiger partial charge is 0.119 e. The zero-order chi connectivity index (χ0) is 13.5. The van der Waals surface area contributed by atoms with Gasteiger partial charge in [0.2, 0.25) is 0 Å². The largest absolute Gasteiger partial charge is 0.494 e. The summed E-state index contributed by atoms with van der Waals surface area (Å²) < 4.78 is 5.89. The Morgan fingerprint density at radius 1 is 1.11 bits per heavy atom. The molecule has 0 aliphatic heterocycles. The minimum Gasteiger partial charge on any atom is -0.494 e. The number of benzene rings is 1. The van der Waals surface area contributed by atoms with Crippen LogP contribution >= 0.6 is 0 Å². The maximum atomic E-state index is 5.89. The molecule has 0 heterocycles. The molecule has 0 radical (unpaired) electrons. The lowest BCUT2D eigenvalue weighted by Gasteiger charge is -2.11. The Morgan fingerprint density at radius 2 is 1.89 bits per heavy atom. The number of unbranched alkanes of at least 4 members (excludes halogenated alkanes) is 2. The SMILES string of the molecule is CCCCCOc1cc(CC)cc(CNC2CC2)c1. The first kappa shape index (κ1) is 14.4. The van der Waals surface area contributed by atoms with Crippen molar-refractivity contribution in [3.63, 3.8) is 0 Å². The summed E-state index contributed by atoms with van der Waals surface area (Å²) in [5, 5.41) is 3.57. The molecule has 1 N–H and O–H groups in total. The lowest BCUT2D eigenvalue weighted by atomic mass is 10.1. The Morgan fingerprint density at radius 3 is 2.58 bits per heavy atom. The normalized spacial score (nSPS) is 14.6. The van der Waals surface area contributed by atoms with E-state index in [2.05, 4.69) is 37.4 Å². The van der Waals surface area contributed by atoms with Crippen molar-refractivity contribution >= 4 is 0 Å². The van der Waals surface area contributed by atoms with Crippen molar-refractivity contribution in [1.29, 1.82) is 0 Å². The summed E-state index contributed by atoms with van der Waals surface area (Å²) in [7, 11) is 0. The van der Waals surface area contributed by atoms with Crippen LogP contribution in [0, 0.1) is 0 Å². The summed E-state index contributed by atoms with van der Waals surface area (Å²) in [5.74, 6) is 1.04. The molecule has 0 amide bonds. The van der Waals surface area contributed by atoms with E-state index in [-0.39, 0.29) is 0 Å². The Labute approximate surface area is 117 Å². The van der Waals surface area contributed by atoms with Crippen LogP contribution in [-0.2, 0) is 13.0 Å². The predicted octanol–water partition coefficient (Wildman–Crippen LogP) is 4.07. The predicted molar refractivity (Wildman–Crippen MR) is 80.7 cm³/mol. The van der Waals surface area contributed by atoms with E-state index >= 15 is 0 Å². The summed E-state index contributed by atoms with van der Waals surface area (Å²) in [6.45, 7) is 6.24. The molecule has 0 spiro atoms. The Bertz CT molecular complexity index is 385. The molecule has 1 aromatic rings. The van der Waals surface area contributed by atoms with E-state index in [9.17, 15) is 0 Å². The molecule has 0 bridgehead atoms. The zero-order valence-corrected chi connectivity index (χ0v) is 12.4. The van der Waals surface area contributed by atoms with Crippen LogP contribution in [0.5, 0.6) is 5.75 Å². The first-order valence-electron chi connectivity index (χ1n) is 7.80. The van der Waals surface area contributed by atoms with Crippen molar-refractivity contribution < 1.29 is 4.74 Å². The van der Waals surface area contributed by atoms with Gasteiger partial charge in [-0.25, -0.2) is 0 Å². The lowest BCUT2D eigenvalue weighted by Crippen LogP contribution is -2.15. The van der Waals surface area contributed by atoms with Crippen LogP contribution in [0.2, 0.25) is 0 Å². The van der Waals surface area contributed by atoms with Gasteiger partial charge in [0.25, 0.3) is 0 Å². The van der Waals surface area contributed by atoms with Crippen LogP contribution in [0.25, 0.3) is 0 Å². The summed E-state index contributed by atoms with van der Waals surface area (Å²) in [4.78, 5) is 0. The van der Waals surface area contributed by atoms with Gasteiger partial charge in [0.05, 0.1) is 6.61 Å². The third kappa shape index (κ3) is 5.23. The van der Waals surface area contributed by atoms with Gasteiger partial charge < -0.3 is 10.1 Å². The maximum absolute atomic E-state index is 5.89. The molecule has 0 saturated heterocycles. The number of rotatable bonds is 9. The zero-order valence-electron chi connectivity index (χ0n) is 12.4. The van der Waals surface area contributed by atoms with Crippen LogP contribution in [0.3, 0.4) is 0 Å². The van der Waals surface area contributed by atoms with Crippen LogP contribution in [-0.4, -0.2) is 12.6 Å². The van der Waals surface area contributed by atoms with Crippen molar-refractivity contribution in [3.8, 4) is 5.75 Å². The molecule has 1 aliphatic rings. The molecule has 2 nitrogen and oxygen atoms in total. The van der Waals surface area contributed by atoms with Crippen LogP contribution in [0.15, 0.2) is 18.2 Å². The fourth-order valence-corrected chi connectivity index (χ4v) is 2.21. The Hall–Kier alpha value is -1.02. The van der Waals surface area contributed by atoms with E-state index in [1.165, 1.54) is 36.8 Å². The number of hydrogen-bond acceptors (Lipinski definition) is 2. The minimum atomic E-state index is 0.763. The van der Waals surface area contributed by atoms with E-state index in [0.717, 1.165) is 37.8 Å². The van der Waals surface area contributed by atoms with Gasteiger partial charge in [0.15, 0.2) is 0 Å². The summed E-state index contributed by atoms with van der Waals surface area (Å²) in [6, 6.07) is 7.45. The van der Waals surface area contributed by atoms with Gasteiger partial charge in [-0.3, -0.25) is 0 Å². The summed E-state index contributed by atoms with van der Waals surface area (Å²) >= 11 is 0. The van der Waals surface area contributed by atoms with Crippen molar-refractivity contribution in [1.82, 2.24) is 5.32 Å². The topological polar surface area (TPSA) is 21.3 Å². The third-order valence-electron chi connectivity index (χ3n) is 3.62. The van der Waals surface area contributed by atoms with Crippen molar-refractivity contribution in [3.05, 3.63) is 29.3 Å². The van der Waals surface area contributed by atoms with Gasteiger partial charge in [-0.15, -0.1) is 0 Å². The number of hydrogen-bond donors (Lipinski definition) is 1. The van der Waals surface area contributed by atoms with E-state index in [4.69, 9.17) is 4.74 Å². The third-order valence-corrected chi connectivity index (χ3v) is 3.62. The average molecular weight is 261 g/mol. The van der Waals surface area contributed by atoms with Gasteiger partial charge >= 0.3 is 0 Å². The van der Waals surface area contributed by atoms with Gasteiger partial charge in [-0.05, 0) is 48.9 Å². The second-order valence-corrected chi connectivity index (χ2v) is 5.55. The second kappa shape index (κ2) is 7.54. The number of nitrogens with one attached hydrogen (secondary N) is 1.